The van der Waals surface area contributed by atoms with Crippen molar-refractivity contribution in [3.63, 3.8) is 0 Å². The number of pyridine rings is 1. The van der Waals surface area contributed by atoms with Gasteiger partial charge in [-0.1, -0.05) is 18.2 Å². The van der Waals surface area contributed by atoms with Gasteiger partial charge in [0.15, 0.2) is 9.84 Å². The Morgan fingerprint density at radius 3 is 2.71 bits per heavy atom. The second kappa shape index (κ2) is 7.20. The van der Waals surface area contributed by atoms with Crippen LogP contribution in [0.4, 0.5) is 0 Å². The fourth-order valence-electron chi connectivity index (χ4n) is 3.55. The van der Waals surface area contributed by atoms with E-state index in [4.69, 9.17) is 0 Å². The van der Waals surface area contributed by atoms with Crippen LogP contribution in [0.5, 0.6) is 0 Å². The van der Waals surface area contributed by atoms with E-state index in [1.54, 1.807) is 43.0 Å². The van der Waals surface area contributed by atoms with Crippen LogP contribution in [0.2, 0.25) is 0 Å². The maximum atomic E-state index is 13.1. The van der Waals surface area contributed by atoms with Crippen molar-refractivity contribution < 1.29 is 13.2 Å². The first-order chi connectivity index (χ1) is 13.4. The van der Waals surface area contributed by atoms with Gasteiger partial charge in [0.25, 0.3) is 0 Å². The Morgan fingerprint density at radius 2 is 2.04 bits per heavy atom. The summed E-state index contributed by atoms with van der Waals surface area (Å²) in [5, 5.41) is 0. The molecule has 0 aliphatic carbocycles. The van der Waals surface area contributed by atoms with Crippen molar-refractivity contribution in [3.05, 3.63) is 77.6 Å². The monoisotopic (exact) mass is 396 g/mol. The normalized spacial score (nSPS) is 16.6. The smallest absolute Gasteiger partial charge is 0.227 e. The minimum absolute atomic E-state index is 0.0328. The molecule has 1 amide bonds. The van der Waals surface area contributed by atoms with Gasteiger partial charge in [0.2, 0.25) is 5.91 Å². The molecule has 2 aromatic heterocycles. The molecule has 0 saturated carbocycles. The van der Waals surface area contributed by atoms with Crippen molar-refractivity contribution in [2.75, 3.05) is 12.8 Å². The van der Waals surface area contributed by atoms with Gasteiger partial charge in [0, 0.05) is 37.3 Å². The Hall–Kier alpha value is -3.00. The summed E-state index contributed by atoms with van der Waals surface area (Å²) in [6.07, 6.45) is 7.20. The quantitative estimate of drug-likeness (QED) is 0.727. The highest BCUT2D eigenvalue weighted by atomic mass is 32.2. The van der Waals surface area contributed by atoms with Gasteiger partial charge in [-0.2, -0.15) is 0 Å². The van der Waals surface area contributed by atoms with E-state index in [2.05, 4.69) is 15.0 Å². The molecule has 3 heterocycles. The van der Waals surface area contributed by atoms with Crippen LogP contribution in [0.3, 0.4) is 0 Å². The topological polar surface area (TPSA) is 96.0 Å². The predicted octanol–water partition coefficient (Wildman–Crippen LogP) is 1.92. The molecule has 0 radical (unpaired) electrons. The van der Waals surface area contributed by atoms with Gasteiger partial charge in [-0.15, -0.1) is 0 Å². The van der Waals surface area contributed by atoms with Crippen LogP contribution in [0, 0.1) is 0 Å². The molecule has 0 fully saturated rings. The Bertz CT molecular complexity index is 1090. The zero-order valence-electron chi connectivity index (χ0n) is 15.4. The minimum atomic E-state index is -3.25. The highest BCUT2D eigenvalue weighted by molar-refractivity contribution is 7.90. The lowest BCUT2D eigenvalue weighted by molar-refractivity contribution is -0.132. The predicted molar refractivity (Wildman–Crippen MR) is 103 cm³/mol. The first kappa shape index (κ1) is 18.4. The number of carbonyl (C=O) groups excluding carboxylic acids is 1. The number of amides is 1. The van der Waals surface area contributed by atoms with E-state index >= 15 is 0 Å². The molecule has 1 aliphatic heterocycles. The van der Waals surface area contributed by atoms with Gasteiger partial charge < -0.3 is 9.88 Å². The standard InChI is InChI=1S/C20H20N4O3S/c1-28(26,27)16-6-4-14(5-7-16)11-18(25)24-10-8-17-19(23-13-22-17)20(24)15-3-2-9-21-12-15/h2-7,9,12-13,20H,8,10-11H2,1H3,(H,22,23). The van der Waals surface area contributed by atoms with Crippen molar-refractivity contribution in [3.8, 4) is 0 Å². The summed E-state index contributed by atoms with van der Waals surface area (Å²) in [6, 6.07) is 9.98. The van der Waals surface area contributed by atoms with Crippen LogP contribution in [0.1, 0.15) is 28.6 Å². The molecule has 1 N–H and O–H groups in total. The van der Waals surface area contributed by atoms with Crippen LogP contribution >= 0.6 is 0 Å². The summed E-state index contributed by atoms with van der Waals surface area (Å²) in [7, 11) is -3.25. The van der Waals surface area contributed by atoms with Crippen LogP contribution in [0.15, 0.2) is 60.0 Å². The Kier molecular flexibility index (Phi) is 4.72. The number of H-pyrrole nitrogens is 1. The van der Waals surface area contributed by atoms with Gasteiger partial charge in [0.05, 0.1) is 23.3 Å². The zero-order chi connectivity index (χ0) is 19.7. The Labute approximate surface area is 163 Å². The third-order valence-electron chi connectivity index (χ3n) is 4.95. The molecule has 0 saturated heterocycles. The molecular weight excluding hydrogens is 376 g/mol. The maximum absolute atomic E-state index is 13.1. The minimum Gasteiger partial charge on any atom is -0.348 e. The van der Waals surface area contributed by atoms with E-state index in [1.165, 1.54) is 6.26 Å². The number of fused-ring (bicyclic) bond motifs is 1. The summed E-state index contributed by atoms with van der Waals surface area (Å²) < 4.78 is 23.2. The summed E-state index contributed by atoms with van der Waals surface area (Å²) in [4.78, 5) is 27.0. The van der Waals surface area contributed by atoms with Crippen LogP contribution in [0.25, 0.3) is 0 Å². The number of carbonyl (C=O) groups is 1. The van der Waals surface area contributed by atoms with Crippen LogP contribution < -0.4 is 0 Å². The first-order valence-corrected chi connectivity index (χ1v) is 10.8. The fourth-order valence-corrected chi connectivity index (χ4v) is 4.18. The van der Waals surface area contributed by atoms with Gasteiger partial charge in [-0.3, -0.25) is 9.78 Å². The van der Waals surface area contributed by atoms with Gasteiger partial charge >= 0.3 is 0 Å². The average molecular weight is 396 g/mol. The maximum Gasteiger partial charge on any atom is 0.227 e. The lowest BCUT2D eigenvalue weighted by Gasteiger charge is -2.35. The number of hydrogen-bond donors (Lipinski definition) is 1. The number of hydrogen-bond acceptors (Lipinski definition) is 5. The summed E-state index contributed by atoms with van der Waals surface area (Å²) in [6.45, 7) is 0.578. The summed E-state index contributed by atoms with van der Waals surface area (Å²) >= 11 is 0. The average Bonchev–Trinajstić information content (AvgIpc) is 3.16. The Morgan fingerprint density at radius 1 is 1.25 bits per heavy atom. The Balaban J connectivity index is 1.61. The number of nitrogens with zero attached hydrogens (tertiary/aromatic N) is 3. The second-order valence-electron chi connectivity index (χ2n) is 6.89. The van der Waals surface area contributed by atoms with E-state index < -0.39 is 9.84 Å². The molecular formula is C20H20N4O3S. The third-order valence-corrected chi connectivity index (χ3v) is 6.08. The lowest BCUT2D eigenvalue weighted by Crippen LogP contribution is -2.41. The van der Waals surface area contributed by atoms with Crippen molar-refractivity contribution in [1.82, 2.24) is 19.9 Å². The molecule has 28 heavy (non-hydrogen) atoms. The van der Waals surface area contributed by atoms with Crippen molar-refractivity contribution in [2.45, 2.75) is 23.8 Å². The number of imidazole rings is 1. The van der Waals surface area contributed by atoms with Gasteiger partial charge in [0.1, 0.15) is 6.04 Å². The summed E-state index contributed by atoms with van der Waals surface area (Å²) in [5.74, 6) is -0.0328. The molecule has 0 bridgehead atoms. The summed E-state index contributed by atoms with van der Waals surface area (Å²) in [5.41, 5.74) is 3.57. The second-order valence-corrected chi connectivity index (χ2v) is 8.90. The fraction of sp³-hybridized carbons (Fsp3) is 0.250. The van der Waals surface area contributed by atoms with E-state index in [1.807, 2.05) is 17.0 Å². The largest absolute Gasteiger partial charge is 0.348 e. The zero-order valence-corrected chi connectivity index (χ0v) is 16.2. The third kappa shape index (κ3) is 3.55. The van der Waals surface area contributed by atoms with E-state index in [9.17, 15) is 13.2 Å². The molecule has 1 aliphatic rings. The number of rotatable bonds is 4. The van der Waals surface area contributed by atoms with Gasteiger partial charge in [-0.25, -0.2) is 13.4 Å². The molecule has 8 heteroatoms. The number of aromatic amines is 1. The SMILES string of the molecule is CS(=O)(=O)c1ccc(CC(=O)N2CCc3[nH]cnc3C2c2cccnc2)cc1. The lowest BCUT2D eigenvalue weighted by atomic mass is 9.96. The first-order valence-electron chi connectivity index (χ1n) is 8.94. The molecule has 3 aromatic rings. The van der Waals surface area contributed by atoms with Crippen LogP contribution in [-0.2, 0) is 27.5 Å². The highest BCUT2D eigenvalue weighted by Crippen LogP contribution is 2.33. The van der Waals surface area contributed by atoms with E-state index in [0.717, 1.165) is 22.5 Å². The number of benzene rings is 1. The number of aromatic nitrogens is 3. The molecule has 1 unspecified atom stereocenters. The molecule has 0 spiro atoms. The molecule has 1 atom stereocenters. The van der Waals surface area contributed by atoms with E-state index in [-0.39, 0.29) is 23.3 Å². The van der Waals surface area contributed by atoms with Crippen molar-refractivity contribution in [2.24, 2.45) is 0 Å². The highest BCUT2D eigenvalue weighted by Gasteiger charge is 2.34. The van der Waals surface area contributed by atoms with E-state index in [0.29, 0.717) is 13.0 Å². The van der Waals surface area contributed by atoms with Crippen molar-refractivity contribution >= 4 is 15.7 Å². The number of nitrogens with one attached hydrogen (secondary N) is 1. The molecule has 1 aromatic carbocycles. The molecule has 7 nitrogen and oxygen atoms in total. The number of sulfone groups is 1. The molecule has 144 valence electrons. The van der Waals surface area contributed by atoms with Gasteiger partial charge in [-0.05, 0) is 29.3 Å². The van der Waals surface area contributed by atoms with Crippen molar-refractivity contribution in [1.29, 1.82) is 0 Å². The molecule has 4 rings (SSSR count). The van der Waals surface area contributed by atoms with Crippen LogP contribution in [-0.4, -0.2) is 47.0 Å².